The third-order valence-corrected chi connectivity index (χ3v) is 3.65. The molecule has 22 heavy (non-hydrogen) atoms. The molecule has 2 heterocycles. The van der Waals surface area contributed by atoms with Crippen LogP contribution in [0.2, 0.25) is 0 Å². The van der Waals surface area contributed by atoms with E-state index in [1.807, 2.05) is 0 Å². The first kappa shape index (κ1) is 14.1. The number of nitrogens with zero attached hydrogens (tertiary/aromatic N) is 2. The number of hydrogen-bond acceptors (Lipinski definition) is 6. The number of benzene rings is 1. The average Bonchev–Trinajstić information content (AvgIpc) is 2.95. The molecule has 1 atom stereocenters. The maximum absolute atomic E-state index is 12.1. The number of rotatable bonds is 3. The predicted molar refractivity (Wildman–Crippen MR) is 79.5 cm³/mol. The molecule has 3 amide bonds. The molecular weight excluding hydrogens is 306 g/mol. The molecule has 112 valence electrons. The number of fused-ring (bicyclic) bond motifs is 1. The maximum Gasteiger partial charge on any atom is 0.254 e. The van der Waals surface area contributed by atoms with Crippen LogP contribution in [-0.4, -0.2) is 34.0 Å². The van der Waals surface area contributed by atoms with Gasteiger partial charge in [0.2, 0.25) is 16.9 Å². The first-order valence-electron chi connectivity index (χ1n) is 6.40. The van der Waals surface area contributed by atoms with Gasteiger partial charge in [0.1, 0.15) is 11.6 Å². The highest BCUT2D eigenvalue weighted by Gasteiger charge is 2.29. The Morgan fingerprint density at radius 3 is 2.91 bits per heavy atom. The van der Waals surface area contributed by atoms with E-state index in [-0.39, 0.29) is 6.42 Å². The molecule has 1 aliphatic rings. The van der Waals surface area contributed by atoms with Gasteiger partial charge in [-0.3, -0.25) is 14.4 Å². The molecular formula is C13H11N5O3S. The predicted octanol–water partition coefficient (Wildman–Crippen LogP) is 0.617. The highest BCUT2D eigenvalue weighted by atomic mass is 32.1. The van der Waals surface area contributed by atoms with Crippen LogP contribution in [-0.2, 0) is 9.59 Å². The fourth-order valence-corrected chi connectivity index (χ4v) is 2.50. The Balaban J connectivity index is 1.71. The van der Waals surface area contributed by atoms with Crippen LogP contribution in [0.3, 0.4) is 0 Å². The van der Waals surface area contributed by atoms with Crippen molar-refractivity contribution in [3.05, 3.63) is 35.3 Å². The number of hydrogen-bond donors (Lipinski definition) is 3. The molecule has 1 aliphatic heterocycles. The van der Waals surface area contributed by atoms with E-state index in [9.17, 15) is 14.4 Å². The van der Waals surface area contributed by atoms with E-state index in [1.54, 1.807) is 24.3 Å². The summed E-state index contributed by atoms with van der Waals surface area (Å²) in [5.41, 5.74) is 2.27. The molecule has 0 spiro atoms. The van der Waals surface area contributed by atoms with Gasteiger partial charge in [-0.1, -0.05) is 23.5 Å². The number of carbonyl (C=O) groups excluding carboxylic acids is 3. The molecule has 8 nitrogen and oxygen atoms in total. The number of carbonyl (C=O) groups is 3. The largest absolute Gasteiger partial charge is 0.340 e. The summed E-state index contributed by atoms with van der Waals surface area (Å²) in [5.74, 6) is -1.27. The molecule has 9 heteroatoms. The molecule has 0 saturated heterocycles. The monoisotopic (exact) mass is 317 g/mol. The third kappa shape index (κ3) is 2.93. The van der Waals surface area contributed by atoms with E-state index in [0.717, 1.165) is 0 Å². The highest BCUT2D eigenvalue weighted by Crippen LogP contribution is 2.19. The molecule has 0 saturated carbocycles. The number of nitrogens with one attached hydrogen (secondary N) is 3. The van der Waals surface area contributed by atoms with Crippen LogP contribution in [0.25, 0.3) is 0 Å². The highest BCUT2D eigenvalue weighted by molar-refractivity contribution is 7.13. The van der Waals surface area contributed by atoms with Gasteiger partial charge in [0.25, 0.3) is 5.91 Å². The zero-order valence-corrected chi connectivity index (χ0v) is 12.0. The minimum absolute atomic E-state index is 0.189. The van der Waals surface area contributed by atoms with Crippen LogP contribution in [0.1, 0.15) is 16.8 Å². The Labute approximate surface area is 128 Å². The SMILES string of the molecule is O=C(CC1NC(=O)c2ccccc2NC1=O)Nc1nncs1. The molecule has 3 rings (SSSR count). The summed E-state index contributed by atoms with van der Waals surface area (Å²) < 4.78 is 0. The van der Waals surface area contributed by atoms with E-state index in [2.05, 4.69) is 26.1 Å². The van der Waals surface area contributed by atoms with Gasteiger partial charge < -0.3 is 16.0 Å². The number of amides is 3. The Morgan fingerprint density at radius 2 is 2.14 bits per heavy atom. The topological polar surface area (TPSA) is 113 Å². The summed E-state index contributed by atoms with van der Waals surface area (Å²) in [5, 5.41) is 15.3. The summed E-state index contributed by atoms with van der Waals surface area (Å²) in [7, 11) is 0. The van der Waals surface area contributed by atoms with Crippen LogP contribution < -0.4 is 16.0 Å². The fourth-order valence-electron chi connectivity index (χ4n) is 2.04. The third-order valence-electron chi connectivity index (χ3n) is 3.05. The molecule has 2 aromatic rings. The van der Waals surface area contributed by atoms with Crippen LogP contribution in [0.5, 0.6) is 0 Å². The van der Waals surface area contributed by atoms with Crippen molar-refractivity contribution in [2.75, 3.05) is 10.6 Å². The molecule has 0 bridgehead atoms. The lowest BCUT2D eigenvalue weighted by atomic mass is 10.1. The van der Waals surface area contributed by atoms with Gasteiger partial charge in [0.05, 0.1) is 17.7 Å². The lowest BCUT2D eigenvalue weighted by molar-refractivity contribution is -0.122. The van der Waals surface area contributed by atoms with Gasteiger partial charge >= 0.3 is 0 Å². The van der Waals surface area contributed by atoms with Crippen molar-refractivity contribution in [1.82, 2.24) is 15.5 Å². The van der Waals surface area contributed by atoms with Gasteiger partial charge in [0, 0.05) is 0 Å². The molecule has 1 aromatic heterocycles. The Bertz CT molecular complexity index is 731. The first-order chi connectivity index (χ1) is 10.6. The summed E-state index contributed by atoms with van der Waals surface area (Å²) in [6.07, 6.45) is -0.189. The van der Waals surface area contributed by atoms with Crippen molar-refractivity contribution in [2.45, 2.75) is 12.5 Å². The zero-order chi connectivity index (χ0) is 15.5. The van der Waals surface area contributed by atoms with Gasteiger partial charge in [-0.15, -0.1) is 10.2 Å². The summed E-state index contributed by atoms with van der Waals surface area (Å²) in [6, 6.07) is 5.71. The van der Waals surface area contributed by atoms with Crippen molar-refractivity contribution >= 4 is 39.9 Å². The van der Waals surface area contributed by atoms with Crippen molar-refractivity contribution in [2.24, 2.45) is 0 Å². The standard InChI is InChI=1S/C13H11N5O3S/c19-10(17-13-18-14-6-22-13)5-9-12(21)15-8-4-2-1-3-7(8)11(20)16-9/h1-4,6,9H,5H2,(H,15,21)(H,16,20)(H,17,18,19). The Morgan fingerprint density at radius 1 is 1.32 bits per heavy atom. The second-order valence-corrected chi connectivity index (χ2v) is 5.39. The smallest absolute Gasteiger partial charge is 0.254 e. The lowest BCUT2D eigenvalue weighted by Crippen LogP contribution is -2.43. The van der Waals surface area contributed by atoms with Gasteiger partial charge in [-0.2, -0.15) is 0 Å². The first-order valence-corrected chi connectivity index (χ1v) is 7.28. The van der Waals surface area contributed by atoms with Gasteiger partial charge in [-0.25, -0.2) is 0 Å². The van der Waals surface area contributed by atoms with Crippen molar-refractivity contribution in [3.8, 4) is 0 Å². The molecule has 3 N–H and O–H groups in total. The molecule has 1 unspecified atom stereocenters. The fraction of sp³-hybridized carbons (Fsp3) is 0.154. The zero-order valence-electron chi connectivity index (χ0n) is 11.2. The Hall–Kier alpha value is -2.81. The summed E-state index contributed by atoms with van der Waals surface area (Å²) in [6.45, 7) is 0. The molecule has 1 aromatic carbocycles. The minimum Gasteiger partial charge on any atom is -0.340 e. The van der Waals surface area contributed by atoms with Crippen molar-refractivity contribution in [1.29, 1.82) is 0 Å². The van der Waals surface area contributed by atoms with Crippen molar-refractivity contribution < 1.29 is 14.4 Å². The average molecular weight is 317 g/mol. The van der Waals surface area contributed by atoms with Crippen LogP contribution >= 0.6 is 11.3 Å². The van der Waals surface area contributed by atoms with E-state index in [0.29, 0.717) is 16.4 Å². The number of aromatic nitrogens is 2. The van der Waals surface area contributed by atoms with Crippen LogP contribution in [0, 0.1) is 0 Å². The quantitative estimate of drug-likeness (QED) is 0.768. The van der Waals surface area contributed by atoms with Crippen LogP contribution in [0.4, 0.5) is 10.8 Å². The minimum atomic E-state index is -0.951. The second-order valence-electron chi connectivity index (χ2n) is 4.56. The lowest BCUT2D eigenvalue weighted by Gasteiger charge is -2.13. The van der Waals surface area contributed by atoms with Gasteiger partial charge in [-0.05, 0) is 12.1 Å². The van der Waals surface area contributed by atoms with E-state index < -0.39 is 23.8 Å². The number of para-hydroxylation sites is 1. The normalized spacial score (nSPS) is 17.0. The van der Waals surface area contributed by atoms with Gasteiger partial charge in [0.15, 0.2) is 0 Å². The molecule has 0 fully saturated rings. The maximum atomic E-state index is 12.1. The van der Waals surface area contributed by atoms with E-state index >= 15 is 0 Å². The van der Waals surface area contributed by atoms with E-state index in [4.69, 9.17) is 0 Å². The van der Waals surface area contributed by atoms with Crippen LogP contribution in [0.15, 0.2) is 29.8 Å². The summed E-state index contributed by atoms with van der Waals surface area (Å²) in [4.78, 5) is 36.1. The van der Waals surface area contributed by atoms with Crippen molar-refractivity contribution in [3.63, 3.8) is 0 Å². The Kier molecular flexibility index (Phi) is 3.79. The molecule has 0 aliphatic carbocycles. The van der Waals surface area contributed by atoms with E-state index in [1.165, 1.54) is 16.8 Å². The second kappa shape index (κ2) is 5.90. The summed E-state index contributed by atoms with van der Waals surface area (Å²) >= 11 is 1.17. The number of anilines is 2. The molecule has 0 radical (unpaired) electrons.